The lowest BCUT2D eigenvalue weighted by Crippen LogP contribution is -2.53. The molecule has 2 aliphatic heterocycles. The van der Waals surface area contributed by atoms with Crippen molar-refractivity contribution in [1.29, 1.82) is 0 Å². The number of nitrogens with two attached hydrogens (primary N) is 1. The molecule has 0 unspecified atom stereocenters. The van der Waals surface area contributed by atoms with Gasteiger partial charge in [-0.25, -0.2) is 0 Å². The quantitative estimate of drug-likeness (QED) is 0.575. The van der Waals surface area contributed by atoms with Crippen LogP contribution in [-0.4, -0.2) is 89.8 Å². The molecule has 3 N–H and O–H groups in total. The van der Waals surface area contributed by atoms with Gasteiger partial charge < -0.3 is 20.4 Å². The molecule has 2 saturated heterocycles. The van der Waals surface area contributed by atoms with Crippen molar-refractivity contribution in [2.75, 3.05) is 39.3 Å². The summed E-state index contributed by atoms with van der Waals surface area (Å²) in [5.41, 5.74) is 5.14. The van der Waals surface area contributed by atoms with Crippen molar-refractivity contribution in [3.8, 4) is 0 Å². The van der Waals surface area contributed by atoms with Crippen LogP contribution in [0.4, 0.5) is 0 Å². The molecule has 27 heavy (non-hydrogen) atoms. The first-order valence-corrected chi connectivity index (χ1v) is 10.2. The molecule has 2 aliphatic rings. The molecule has 0 bridgehead atoms. The predicted octanol–water partition coefficient (Wildman–Crippen LogP) is -0.226. The molecule has 3 amide bonds. The Labute approximate surface area is 162 Å². The van der Waals surface area contributed by atoms with Crippen LogP contribution in [0, 0.1) is 0 Å². The summed E-state index contributed by atoms with van der Waals surface area (Å²) in [5.74, 6) is -0.628. The van der Waals surface area contributed by atoms with Gasteiger partial charge in [0.1, 0.15) is 6.04 Å². The maximum atomic E-state index is 13.1. The third-order valence-corrected chi connectivity index (χ3v) is 5.60. The van der Waals surface area contributed by atoms with Gasteiger partial charge in [0.25, 0.3) is 0 Å². The SMILES string of the molecule is CC(C)N(CCN1CCCCC1)C(=O)[C@H](C)N1CC[C@H](NCC(N)=O)C1=O. The first-order chi connectivity index (χ1) is 12.8. The summed E-state index contributed by atoms with van der Waals surface area (Å²) in [4.78, 5) is 42.5. The molecule has 2 heterocycles. The highest BCUT2D eigenvalue weighted by molar-refractivity contribution is 5.91. The maximum absolute atomic E-state index is 13.1. The Morgan fingerprint density at radius 3 is 2.44 bits per heavy atom. The molecule has 0 aliphatic carbocycles. The van der Waals surface area contributed by atoms with Gasteiger partial charge in [-0.05, 0) is 53.1 Å². The van der Waals surface area contributed by atoms with E-state index in [4.69, 9.17) is 5.73 Å². The zero-order valence-corrected chi connectivity index (χ0v) is 16.9. The summed E-state index contributed by atoms with van der Waals surface area (Å²) in [6.45, 7) is 10.1. The molecule has 0 saturated carbocycles. The van der Waals surface area contributed by atoms with Gasteiger partial charge in [0.15, 0.2) is 0 Å². The highest BCUT2D eigenvalue weighted by Crippen LogP contribution is 2.17. The summed E-state index contributed by atoms with van der Waals surface area (Å²) in [5, 5.41) is 2.88. The van der Waals surface area contributed by atoms with Crippen molar-refractivity contribution in [3.05, 3.63) is 0 Å². The van der Waals surface area contributed by atoms with Crippen LogP contribution in [0.3, 0.4) is 0 Å². The monoisotopic (exact) mass is 381 g/mol. The van der Waals surface area contributed by atoms with Gasteiger partial charge in [-0.2, -0.15) is 0 Å². The Morgan fingerprint density at radius 1 is 1.19 bits per heavy atom. The Balaban J connectivity index is 1.91. The molecule has 0 radical (unpaired) electrons. The summed E-state index contributed by atoms with van der Waals surface area (Å²) in [6.07, 6.45) is 4.34. The van der Waals surface area contributed by atoms with Crippen LogP contribution in [0.2, 0.25) is 0 Å². The number of amides is 3. The van der Waals surface area contributed by atoms with E-state index >= 15 is 0 Å². The largest absolute Gasteiger partial charge is 0.369 e. The summed E-state index contributed by atoms with van der Waals surface area (Å²) >= 11 is 0. The number of primary amides is 1. The molecular weight excluding hydrogens is 346 g/mol. The second-order valence-electron chi connectivity index (χ2n) is 7.92. The second kappa shape index (κ2) is 10.0. The first kappa shape index (κ1) is 21.6. The average molecular weight is 382 g/mol. The van der Waals surface area contributed by atoms with Crippen LogP contribution in [0.1, 0.15) is 46.5 Å². The molecule has 0 aromatic heterocycles. The van der Waals surface area contributed by atoms with E-state index in [9.17, 15) is 14.4 Å². The Kier molecular flexibility index (Phi) is 8.04. The molecule has 0 aromatic rings. The van der Waals surface area contributed by atoms with Crippen molar-refractivity contribution in [2.45, 2.75) is 64.6 Å². The van der Waals surface area contributed by atoms with E-state index < -0.39 is 18.0 Å². The third-order valence-electron chi connectivity index (χ3n) is 5.60. The first-order valence-electron chi connectivity index (χ1n) is 10.2. The number of likely N-dealkylation sites (tertiary alicyclic amines) is 2. The van der Waals surface area contributed by atoms with Crippen LogP contribution in [-0.2, 0) is 14.4 Å². The van der Waals surface area contributed by atoms with Crippen molar-refractivity contribution in [3.63, 3.8) is 0 Å². The van der Waals surface area contributed by atoms with Crippen LogP contribution >= 0.6 is 0 Å². The second-order valence-corrected chi connectivity index (χ2v) is 7.92. The van der Waals surface area contributed by atoms with Gasteiger partial charge in [0.05, 0.1) is 12.6 Å². The minimum atomic E-state index is -0.498. The van der Waals surface area contributed by atoms with E-state index in [0.717, 1.165) is 19.6 Å². The Morgan fingerprint density at radius 2 is 1.85 bits per heavy atom. The molecule has 8 heteroatoms. The molecule has 2 rings (SSSR count). The van der Waals surface area contributed by atoms with E-state index in [1.165, 1.54) is 19.3 Å². The number of piperidine rings is 1. The molecule has 0 aromatic carbocycles. The molecule has 2 atom stereocenters. The number of nitrogens with one attached hydrogen (secondary N) is 1. The van der Waals surface area contributed by atoms with Crippen molar-refractivity contribution >= 4 is 17.7 Å². The summed E-state index contributed by atoms with van der Waals surface area (Å²) < 4.78 is 0. The molecule has 0 spiro atoms. The standard InChI is InChI=1S/C19H35N5O3/c1-14(2)23(12-11-22-8-5-4-6-9-22)18(26)15(3)24-10-7-16(19(24)27)21-13-17(20)25/h14-16,21H,4-13H2,1-3H3,(H2,20,25)/t15-,16-/m0/s1. The van der Waals surface area contributed by atoms with Crippen molar-refractivity contribution in [2.24, 2.45) is 5.73 Å². The summed E-state index contributed by atoms with van der Waals surface area (Å²) in [6, 6.07) is -0.846. The van der Waals surface area contributed by atoms with Crippen molar-refractivity contribution < 1.29 is 14.4 Å². The number of hydrogen-bond donors (Lipinski definition) is 2. The smallest absolute Gasteiger partial charge is 0.245 e. The van der Waals surface area contributed by atoms with Gasteiger partial charge in [-0.1, -0.05) is 6.42 Å². The van der Waals surface area contributed by atoms with Gasteiger partial charge in [0.2, 0.25) is 17.7 Å². The Hall–Kier alpha value is -1.67. The van der Waals surface area contributed by atoms with E-state index in [-0.39, 0.29) is 24.4 Å². The molecular formula is C19H35N5O3. The van der Waals surface area contributed by atoms with Gasteiger partial charge in [-0.3, -0.25) is 19.7 Å². The van der Waals surface area contributed by atoms with Crippen LogP contribution in [0.5, 0.6) is 0 Å². The number of nitrogens with zero attached hydrogens (tertiary/aromatic N) is 3. The van der Waals surface area contributed by atoms with Gasteiger partial charge in [0, 0.05) is 25.7 Å². The van der Waals surface area contributed by atoms with E-state index in [1.807, 2.05) is 18.7 Å². The van der Waals surface area contributed by atoms with E-state index in [2.05, 4.69) is 10.2 Å². The normalized spacial score (nSPS) is 22.3. The highest BCUT2D eigenvalue weighted by atomic mass is 16.2. The molecule has 2 fully saturated rings. The number of rotatable bonds is 9. The topological polar surface area (TPSA) is 99.0 Å². The highest BCUT2D eigenvalue weighted by Gasteiger charge is 2.38. The van der Waals surface area contributed by atoms with Gasteiger partial charge in [-0.15, -0.1) is 0 Å². The third kappa shape index (κ3) is 5.90. The zero-order chi connectivity index (χ0) is 20.0. The summed E-state index contributed by atoms with van der Waals surface area (Å²) in [7, 11) is 0. The lowest BCUT2D eigenvalue weighted by Gasteiger charge is -2.35. The van der Waals surface area contributed by atoms with Crippen LogP contribution in [0.25, 0.3) is 0 Å². The zero-order valence-electron chi connectivity index (χ0n) is 16.9. The number of hydrogen-bond acceptors (Lipinski definition) is 5. The van der Waals surface area contributed by atoms with E-state index in [1.54, 1.807) is 11.8 Å². The lowest BCUT2D eigenvalue weighted by molar-refractivity contribution is -0.144. The van der Waals surface area contributed by atoms with Crippen LogP contribution < -0.4 is 11.1 Å². The molecule has 8 nitrogen and oxygen atoms in total. The van der Waals surface area contributed by atoms with E-state index in [0.29, 0.717) is 19.5 Å². The van der Waals surface area contributed by atoms with Gasteiger partial charge >= 0.3 is 0 Å². The maximum Gasteiger partial charge on any atom is 0.245 e. The minimum Gasteiger partial charge on any atom is -0.369 e. The average Bonchev–Trinajstić information content (AvgIpc) is 3.00. The number of carbonyl (C=O) groups is 3. The van der Waals surface area contributed by atoms with Crippen LogP contribution in [0.15, 0.2) is 0 Å². The predicted molar refractivity (Wildman–Crippen MR) is 104 cm³/mol. The fourth-order valence-electron chi connectivity index (χ4n) is 3.93. The van der Waals surface area contributed by atoms with Crippen molar-refractivity contribution in [1.82, 2.24) is 20.0 Å². The number of carbonyl (C=O) groups excluding carboxylic acids is 3. The minimum absolute atomic E-state index is 0.00842. The fourth-order valence-corrected chi connectivity index (χ4v) is 3.93. The fraction of sp³-hybridized carbons (Fsp3) is 0.842. The Bertz CT molecular complexity index is 533. The molecule has 154 valence electrons. The lowest BCUT2D eigenvalue weighted by atomic mass is 10.1.